The van der Waals surface area contributed by atoms with Crippen molar-refractivity contribution in [3.05, 3.63) is 35.4 Å². The first-order valence-corrected chi connectivity index (χ1v) is 6.67. The highest BCUT2D eigenvalue weighted by Gasteiger charge is 2.29. The first kappa shape index (κ1) is 14.4. The fourth-order valence-electron chi connectivity index (χ4n) is 2.48. The van der Waals surface area contributed by atoms with Crippen molar-refractivity contribution in [2.24, 2.45) is 5.73 Å². The van der Waals surface area contributed by atoms with Crippen LogP contribution >= 0.6 is 0 Å². The molecule has 106 valence electrons. The Balaban J connectivity index is 2.12. The molecule has 1 aromatic rings. The monoisotopic (exact) mass is 270 g/mol. The van der Waals surface area contributed by atoms with Gasteiger partial charge in [0.2, 0.25) is 0 Å². The molecular formula is C14H20F2N2O. The van der Waals surface area contributed by atoms with Crippen molar-refractivity contribution in [2.75, 3.05) is 26.2 Å². The van der Waals surface area contributed by atoms with Gasteiger partial charge in [-0.1, -0.05) is 13.0 Å². The van der Waals surface area contributed by atoms with Gasteiger partial charge in [0.1, 0.15) is 11.6 Å². The second-order valence-corrected chi connectivity index (χ2v) is 4.87. The second-order valence-electron chi connectivity index (χ2n) is 4.87. The molecule has 0 bridgehead atoms. The number of benzene rings is 1. The molecule has 2 rings (SSSR count). The van der Waals surface area contributed by atoms with E-state index in [2.05, 4.69) is 11.8 Å². The Hall–Kier alpha value is -1.04. The van der Waals surface area contributed by atoms with Gasteiger partial charge in [-0.3, -0.25) is 4.90 Å². The van der Waals surface area contributed by atoms with E-state index in [1.54, 1.807) is 0 Å². The minimum absolute atomic E-state index is 0.0779. The fraction of sp³-hybridized carbons (Fsp3) is 0.571. The summed E-state index contributed by atoms with van der Waals surface area (Å²) < 4.78 is 33.0. The van der Waals surface area contributed by atoms with E-state index >= 15 is 0 Å². The summed E-state index contributed by atoms with van der Waals surface area (Å²) in [7, 11) is 0. The van der Waals surface area contributed by atoms with Crippen LogP contribution in [0.15, 0.2) is 18.2 Å². The lowest BCUT2D eigenvalue weighted by atomic mass is 9.99. The maximum atomic E-state index is 13.7. The van der Waals surface area contributed by atoms with Crippen LogP contribution in [0.25, 0.3) is 0 Å². The molecule has 1 aromatic carbocycles. The number of ether oxygens (including phenoxy) is 1. The molecule has 0 aliphatic carbocycles. The highest BCUT2D eigenvalue weighted by atomic mass is 19.1. The van der Waals surface area contributed by atoms with Crippen LogP contribution in [0.3, 0.4) is 0 Å². The summed E-state index contributed by atoms with van der Waals surface area (Å²) in [5.41, 5.74) is 5.92. The van der Waals surface area contributed by atoms with E-state index in [-0.39, 0.29) is 11.7 Å². The Morgan fingerprint density at radius 2 is 2.11 bits per heavy atom. The van der Waals surface area contributed by atoms with Crippen LogP contribution in [-0.4, -0.2) is 37.2 Å². The van der Waals surface area contributed by atoms with E-state index in [1.165, 1.54) is 18.2 Å². The standard InChI is InChI=1S/C14H20F2N2O/c1-2-6-18-7-8-19-12(9-18)14(17)13-10(15)4-3-5-11(13)16/h3-5,12,14H,2,6-9,17H2,1H3. The molecule has 2 atom stereocenters. The van der Waals surface area contributed by atoms with Gasteiger partial charge in [-0.05, 0) is 25.1 Å². The summed E-state index contributed by atoms with van der Waals surface area (Å²) in [5, 5.41) is 0. The number of morpholine rings is 1. The zero-order valence-corrected chi connectivity index (χ0v) is 11.1. The van der Waals surface area contributed by atoms with Crippen LogP contribution in [0.2, 0.25) is 0 Å². The third-order valence-electron chi connectivity index (χ3n) is 3.45. The van der Waals surface area contributed by atoms with Gasteiger partial charge in [-0.2, -0.15) is 0 Å². The van der Waals surface area contributed by atoms with E-state index < -0.39 is 17.7 Å². The highest BCUT2D eigenvalue weighted by Crippen LogP contribution is 2.25. The number of nitrogens with two attached hydrogens (primary N) is 1. The quantitative estimate of drug-likeness (QED) is 0.910. The summed E-state index contributed by atoms with van der Waals surface area (Å²) in [6.45, 7) is 5.06. The molecule has 0 spiro atoms. The molecule has 2 N–H and O–H groups in total. The molecule has 0 amide bonds. The van der Waals surface area contributed by atoms with Crippen molar-refractivity contribution in [1.29, 1.82) is 0 Å². The average molecular weight is 270 g/mol. The van der Waals surface area contributed by atoms with Crippen LogP contribution < -0.4 is 5.73 Å². The Morgan fingerprint density at radius 3 is 2.74 bits per heavy atom. The molecule has 1 fully saturated rings. The second kappa shape index (κ2) is 6.41. The largest absolute Gasteiger partial charge is 0.374 e. The molecule has 5 heteroatoms. The third-order valence-corrected chi connectivity index (χ3v) is 3.45. The fourth-order valence-corrected chi connectivity index (χ4v) is 2.48. The average Bonchev–Trinajstić information content (AvgIpc) is 2.39. The van der Waals surface area contributed by atoms with Gasteiger partial charge >= 0.3 is 0 Å². The molecule has 1 aliphatic rings. The van der Waals surface area contributed by atoms with Gasteiger partial charge < -0.3 is 10.5 Å². The maximum absolute atomic E-state index is 13.7. The highest BCUT2D eigenvalue weighted by molar-refractivity contribution is 5.24. The third kappa shape index (κ3) is 3.29. The molecule has 0 radical (unpaired) electrons. The van der Waals surface area contributed by atoms with E-state index in [4.69, 9.17) is 10.5 Å². The van der Waals surface area contributed by atoms with Crippen molar-refractivity contribution in [3.63, 3.8) is 0 Å². The molecule has 1 aliphatic heterocycles. The summed E-state index contributed by atoms with van der Waals surface area (Å²) in [6, 6.07) is 3.02. The predicted molar refractivity (Wildman–Crippen MR) is 69.8 cm³/mol. The van der Waals surface area contributed by atoms with Crippen molar-refractivity contribution in [3.8, 4) is 0 Å². The van der Waals surface area contributed by atoms with E-state index in [0.717, 1.165) is 19.5 Å². The van der Waals surface area contributed by atoms with Gasteiger partial charge in [0.15, 0.2) is 0 Å². The topological polar surface area (TPSA) is 38.5 Å². The van der Waals surface area contributed by atoms with Crippen LogP contribution in [0.1, 0.15) is 24.9 Å². The maximum Gasteiger partial charge on any atom is 0.131 e. The normalized spacial score (nSPS) is 22.4. The Labute approximate surface area is 112 Å². The zero-order valence-electron chi connectivity index (χ0n) is 11.1. The number of nitrogens with zero attached hydrogens (tertiary/aromatic N) is 1. The minimum Gasteiger partial charge on any atom is -0.374 e. The summed E-state index contributed by atoms with van der Waals surface area (Å²) in [6.07, 6.45) is 0.669. The molecule has 1 heterocycles. The van der Waals surface area contributed by atoms with Crippen LogP contribution in [-0.2, 0) is 4.74 Å². The minimum atomic E-state index is -0.777. The van der Waals surface area contributed by atoms with Crippen molar-refractivity contribution in [2.45, 2.75) is 25.5 Å². The summed E-state index contributed by atoms with van der Waals surface area (Å²) in [5.74, 6) is -1.22. The molecule has 19 heavy (non-hydrogen) atoms. The SMILES string of the molecule is CCCN1CCOC(C(N)c2c(F)cccc2F)C1. The van der Waals surface area contributed by atoms with Crippen molar-refractivity contribution >= 4 is 0 Å². The first-order chi connectivity index (χ1) is 9.13. The van der Waals surface area contributed by atoms with Crippen LogP contribution in [0.4, 0.5) is 8.78 Å². The molecule has 3 nitrogen and oxygen atoms in total. The van der Waals surface area contributed by atoms with Gasteiger partial charge in [0.05, 0.1) is 18.8 Å². The lowest BCUT2D eigenvalue weighted by Gasteiger charge is -2.35. The van der Waals surface area contributed by atoms with Gasteiger partial charge in [-0.25, -0.2) is 8.78 Å². The lowest BCUT2D eigenvalue weighted by Crippen LogP contribution is -2.47. The van der Waals surface area contributed by atoms with Crippen LogP contribution in [0.5, 0.6) is 0 Å². The molecule has 1 saturated heterocycles. The summed E-state index contributed by atoms with van der Waals surface area (Å²) >= 11 is 0. The van der Waals surface area contributed by atoms with Gasteiger partial charge in [-0.15, -0.1) is 0 Å². The lowest BCUT2D eigenvalue weighted by molar-refractivity contribution is -0.0417. The van der Waals surface area contributed by atoms with Crippen molar-refractivity contribution < 1.29 is 13.5 Å². The molecular weight excluding hydrogens is 250 g/mol. The van der Waals surface area contributed by atoms with E-state index in [9.17, 15) is 8.78 Å². The number of hydrogen-bond donors (Lipinski definition) is 1. The summed E-state index contributed by atoms with van der Waals surface area (Å²) in [4.78, 5) is 2.22. The molecule has 0 saturated carbocycles. The molecule has 0 aromatic heterocycles. The number of hydrogen-bond acceptors (Lipinski definition) is 3. The number of rotatable bonds is 4. The zero-order chi connectivity index (χ0) is 13.8. The van der Waals surface area contributed by atoms with E-state index in [1.807, 2.05) is 0 Å². The van der Waals surface area contributed by atoms with Crippen LogP contribution in [0, 0.1) is 11.6 Å². The Morgan fingerprint density at radius 1 is 1.42 bits per heavy atom. The van der Waals surface area contributed by atoms with Gasteiger partial charge in [0, 0.05) is 18.7 Å². The first-order valence-electron chi connectivity index (χ1n) is 6.67. The van der Waals surface area contributed by atoms with Crippen molar-refractivity contribution in [1.82, 2.24) is 4.90 Å². The smallest absolute Gasteiger partial charge is 0.131 e. The Bertz CT molecular complexity index is 406. The number of halogens is 2. The Kier molecular flexibility index (Phi) is 4.85. The molecule has 2 unspecified atom stereocenters. The predicted octanol–water partition coefficient (Wildman–Crippen LogP) is 2.08. The van der Waals surface area contributed by atoms with Gasteiger partial charge in [0.25, 0.3) is 0 Å². The van der Waals surface area contributed by atoms with E-state index in [0.29, 0.717) is 13.2 Å².